The summed E-state index contributed by atoms with van der Waals surface area (Å²) >= 11 is 0. The van der Waals surface area contributed by atoms with E-state index in [0.717, 1.165) is 32.4 Å². The van der Waals surface area contributed by atoms with Crippen molar-refractivity contribution in [2.75, 3.05) is 33.4 Å². The first-order valence-electron chi connectivity index (χ1n) is 10.3. The van der Waals surface area contributed by atoms with E-state index in [0.29, 0.717) is 35.8 Å². The predicted octanol–water partition coefficient (Wildman–Crippen LogP) is 3.03. The molecule has 3 rings (SSSR count). The Balaban J connectivity index is 1.49. The second kappa shape index (κ2) is 10.6. The highest BCUT2D eigenvalue weighted by atomic mass is 16.5. The molecular weight excluding hydrogens is 378 g/mol. The number of benzene rings is 2. The minimum atomic E-state index is -0.0918. The van der Waals surface area contributed by atoms with Gasteiger partial charge in [-0.2, -0.15) is 5.26 Å². The maximum absolute atomic E-state index is 12.7. The van der Waals surface area contributed by atoms with E-state index in [1.165, 1.54) is 5.56 Å². The largest absolute Gasteiger partial charge is 0.383 e. The minimum Gasteiger partial charge on any atom is -0.383 e. The first-order chi connectivity index (χ1) is 14.6. The Morgan fingerprint density at radius 1 is 1.13 bits per heavy atom. The van der Waals surface area contributed by atoms with E-state index < -0.39 is 0 Å². The van der Waals surface area contributed by atoms with Gasteiger partial charge >= 0.3 is 0 Å². The molecule has 2 aromatic rings. The highest BCUT2D eigenvalue weighted by molar-refractivity contribution is 5.95. The summed E-state index contributed by atoms with van der Waals surface area (Å²) in [5.41, 5.74) is 2.93. The SMILES string of the molecule is COCCNC(=O)c1ccc(CC2CCN(C(=O)c3cccc(C#N)c3)CC2)cc1. The Kier molecular flexibility index (Phi) is 7.58. The molecule has 0 saturated carbocycles. The lowest BCUT2D eigenvalue weighted by molar-refractivity contribution is 0.0690. The van der Waals surface area contributed by atoms with Crippen molar-refractivity contribution in [2.24, 2.45) is 5.92 Å². The van der Waals surface area contributed by atoms with Crippen molar-refractivity contribution in [1.82, 2.24) is 10.2 Å². The number of nitrogens with one attached hydrogen (secondary N) is 1. The first-order valence-corrected chi connectivity index (χ1v) is 10.3. The molecular formula is C24H27N3O3. The number of carbonyl (C=O) groups is 2. The van der Waals surface area contributed by atoms with Crippen LogP contribution in [-0.4, -0.2) is 50.1 Å². The van der Waals surface area contributed by atoms with Gasteiger partial charge in [0.25, 0.3) is 11.8 Å². The van der Waals surface area contributed by atoms with Gasteiger partial charge in [-0.25, -0.2) is 0 Å². The number of carbonyl (C=O) groups excluding carboxylic acids is 2. The predicted molar refractivity (Wildman–Crippen MR) is 114 cm³/mol. The molecule has 1 saturated heterocycles. The standard InChI is InChI=1S/C24H27N3O3/c1-30-14-11-26-23(28)21-7-5-18(6-8-21)15-19-9-12-27(13-10-19)24(29)22-4-2-3-20(16-22)17-25/h2-8,16,19H,9-15H2,1H3,(H,26,28). The highest BCUT2D eigenvalue weighted by Crippen LogP contribution is 2.23. The van der Waals surface area contributed by atoms with Gasteiger partial charge in [0.05, 0.1) is 18.2 Å². The number of likely N-dealkylation sites (tertiary alicyclic amines) is 1. The monoisotopic (exact) mass is 405 g/mol. The Morgan fingerprint density at radius 3 is 2.53 bits per heavy atom. The molecule has 6 nitrogen and oxygen atoms in total. The van der Waals surface area contributed by atoms with Crippen LogP contribution in [0, 0.1) is 17.2 Å². The highest BCUT2D eigenvalue weighted by Gasteiger charge is 2.24. The molecule has 2 aromatic carbocycles. The Labute approximate surface area is 177 Å². The molecule has 156 valence electrons. The minimum absolute atomic E-state index is 0.00520. The molecule has 0 radical (unpaired) electrons. The zero-order chi connectivity index (χ0) is 21.3. The normalized spacial score (nSPS) is 14.2. The third-order valence-electron chi connectivity index (χ3n) is 5.47. The van der Waals surface area contributed by atoms with Gasteiger partial charge in [-0.3, -0.25) is 9.59 Å². The van der Waals surface area contributed by atoms with Gasteiger partial charge in [0.2, 0.25) is 0 Å². The number of nitriles is 1. The molecule has 0 aliphatic carbocycles. The number of hydrogen-bond acceptors (Lipinski definition) is 4. The summed E-state index contributed by atoms with van der Waals surface area (Å²) in [5, 5.41) is 11.8. The zero-order valence-corrected chi connectivity index (χ0v) is 17.3. The van der Waals surface area contributed by atoms with Gasteiger partial charge < -0.3 is 15.0 Å². The fraction of sp³-hybridized carbons (Fsp3) is 0.375. The molecule has 1 aliphatic rings. The molecule has 0 aromatic heterocycles. The third-order valence-corrected chi connectivity index (χ3v) is 5.47. The zero-order valence-electron chi connectivity index (χ0n) is 17.3. The lowest BCUT2D eigenvalue weighted by Gasteiger charge is -2.32. The van der Waals surface area contributed by atoms with E-state index in [2.05, 4.69) is 11.4 Å². The topological polar surface area (TPSA) is 82.4 Å². The lowest BCUT2D eigenvalue weighted by Crippen LogP contribution is -2.38. The molecule has 2 amide bonds. The number of methoxy groups -OCH3 is 1. The summed E-state index contributed by atoms with van der Waals surface area (Å²) in [7, 11) is 1.60. The van der Waals surface area contributed by atoms with Crippen LogP contribution < -0.4 is 5.32 Å². The van der Waals surface area contributed by atoms with Crippen molar-refractivity contribution < 1.29 is 14.3 Å². The summed E-state index contributed by atoms with van der Waals surface area (Å²) in [6.07, 6.45) is 2.84. The van der Waals surface area contributed by atoms with Crippen molar-refractivity contribution in [3.8, 4) is 6.07 Å². The number of hydrogen-bond donors (Lipinski definition) is 1. The summed E-state index contributed by atoms with van der Waals surface area (Å²) in [4.78, 5) is 26.6. The molecule has 0 spiro atoms. The van der Waals surface area contributed by atoms with Crippen molar-refractivity contribution in [2.45, 2.75) is 19.3 Å². The van der Waals surface area contributed by atoms with Crippen LogP contribution in [0.3, 0.4) is 0 Å². The van der Waals surface area contributed by atoms with Crippen LogP contribution in [0.2, 0.25) is 0 Å². The van der Waals surface area contributed by atoms with Gasteiger partial charge in [0.1, 0.15) is 0 Å². The van der Waals surface area contributed by atoms with E-state index in [1.54, 1.807) is 31.4 Å². The second-order valence-corrected chi connectivity index (χ2v) is 7.58. The van der Waals surface area contributed by atoms with Gasteiger partial charge in [0.15, 0.2) is 0 Å². The molecule has 0 atom stereocenters. The Hall–Kier alpha value is -3.17. The van der Waals surface area contributed by atoms with Crippen molar-refractivity contribution >= 4 is 11.8 Å². The summed E-state index contributed by atoms with van der Waals surface area (Å²) in [6.45, 7) is 2.44. The molecule has 1 fully saturated rings. The Bertz CT molecular complexity index is 910. The number of piperidine rings is 1. The maximum atomic E-state index is 12.7. The van der Waals surface area contributed by atoms with Gasteiger partial charge in [-0.1, -0.05) is 18.2 Å². The number of nitrogens with zero attached hydrogens (tertiary/aromatic N) is 2. The molecule has 30 heavy (non-hydrogen) atoms. The fourth-order valence-electron chi connectivity index (χ4n) is 3.74. The maximum Gasteiger partial charge on any atom is 0.253 e. The molecule has 0 unspecified atom stereocenters. The van der Waals surface area contributed by atoms with Crippen LogP contribution in [0.25, 0.3) is 0 Å². The second-order valence-electron chi connectivity index (χ2n) is 7.58. The van der Waals surface area contributed by atoms with Gasteiger partial charge in [-0.05, 0) is 61.1 Å². The smallest absolute Gasteiger partial charge is 0.253 e. The molecule has 1 N–H and O–H groups in total. The van der Waals surface area contributed by atoms with Crippen LogP contribution in [0.1, 0.15) is 44.7 Å². The Morgan fingerprint density at radius 2 is 1.87 bits per heavy atom. The van der Waals surface area contributed by atoms with Crippen LogP contribution in [0.4, 0.5) is 0 Å². The lowest BCUT2D eigenvalue weighted by atomic mass is 9.89. The number of ether oxygens (including phenoxy) is 1. The van der Waals surface area contributed by atoms with Gasteiger partial charge in [0, 0.05) is 37.9 Å². The van der Waals surface area contributed by atoms with E-state index in [9.17, 15) is 9.59 Å². The van der Waals surface area contributed by atoms with Gasteiger partial charge in [-0.15, -0.1) is 0 Å². The van der Waals surface area contributed by atoms with E-state index >= 15 is 0 Å². The van der Waals surface area contributed by atoms with Crippen LogP contribution in [-0.2, 0) is 11.2 Å². The molecule has 0 bridgehead atoms. The van der Waals surface area contributed by atoms with Crippen molar-refractivity contribution in [3.63, 3.8) is 0 Å². The number of amides is 2. The third kappa shape index (κ3) is 5.68. The van der Waals surface area contributed by atoms with Crippen LogP contribution in [0.15, 0.2) is 48.5 Å². The average molecular weight is 405 g/mol. The first kappa shape index (κ1) is 21.5. The van der Waals surface area contributed by atoms with E-state index in [1.807, 2.05) is 29.2 Å². The number of rotatable bonds is 7. The van der Waals surface area contributed by atoms with E-state index in [-0.39, 0.29) is 11.8 Å². The summed E-state index contributed by atoms with van der Waals surface area (Å²) < 4.78 is 4.94. The summed E-state index contributed by atoms with van der Waals surface area (Å²) in [6, 6.07) is 16.7. The summed E-state index contributed by atoms with van der Waals surface area (Å²) in [5.74, 6) is 0.418. The van der Waals surface area contributed by atoms with Crippen LogP contribution >= 0.6 is 0 Å². The van der Waals surface area contributed by atoms with E-state index in [4.69, 9.17) is 10.00 Å². The van der Waals surface area contributed by atoms with Crippen molar-refractivity contribution in [3.05, 3.63) is 70.8 Å². The van der Waals surface area contributed by atoms with Crippen molar-refractivity contribution in [1.29, 1.82) is 5.26 Å². The van der Waals surface area contributed by atoms with Crippen LogP contribution in [0.5, 0.6) is 0 Å². The molecule has 1 heterocycles. The quantitative estimate of drug-likeness (QED) is 0.718. The molecule has 6 heteroatoms. The average Bonchev–Trinajstić information content (AvgIpc) is 2.79. The fourth-order valence-corrected chi connectivity index (χ4v) is 3.74. The molecule has 1 aliphatic heterocycles.